The zero-order valence-electron chi connectivity index (χ0n) is 5.39. The molecule has 9 heavy (non-hydrogen) atoms. The molecule has 3 nitrogen and oxygen atoms in total. The van der Waals surface area contributed by atoms with Gasteiger partial charge in [-0.3, -0.25) is 0 Å². The number of hydrogen-bond donors (Lipinski definition) is 1. The molecule has 0 aromatic carbocycles. The quantitative estimate of drug-likeness (QED) is 0.357. The van der Waals surface area contributed by atoms with Crippen molar-refractivity contribution in [2.45, 2.75) is 0 Å². The van der Waals surface area contributed by atoms with Crippen molar-refractivity contribution >= 4 is 36.6 Å². The van der Waals surface area contributed by atoms with Gasteiger partial charge in [-0.1, -0.05) is 0 Å². The van der Waals surface area contributed by atoms with Crippen molar-refractivity contribution in [3.05, 3.63) is 0 Å². The summed E-state index contributed by atoms with van der Waals surface area (Å²) >= 11 is 2.06. The average Bonchev–Trinajstić information content (AvgIpc) is 1.86. The van der Waals surface area contributed by atoms with Crippen LogP contribution in [0.1, 0.15) is 0 Å². The fourth-order valence-corrected chi connectivity index (χ4v) is 0.736. The van der Waals surface area contributed by atoms with E-state index >= 15 is 0 Å². The van der Waals surface area contributed by atoms with E-state index in [2.05, 4.69) is 30.7 Å². The molecule has 0 saturated heterocycles. The van der Waals surface area contributed by atoms with Gasteiger partial charge in [0.2, 0.25) is 0 Å². The Balaban J connectivity index is 0. The van der Waals surface area contributed by atoms with Gasteiger partial charge in [0.1, 0.15) is 6.29 Å². The van der Waals surface area contributed by atoms with Crippen LogP contribution in [0.5, 0.6) is 0 Å². The third-order valence-electron chi connectivity index (χ3n) is 0.221. The first-order valence-corrected chi connectivity index (χ1v) is 5.53. The summed E-state index contributed by atoms with van der Waals surface area (Å²) in [6.45, 7) is 0.438. The van der Waals surface area contributed by atoms with Crippen LogP contribution in [0.3, 0.4) is 0 Å². The molecule has 0 aromatic heterocycles. The smallest absolute Gasteiger partial charge is 0.134 e. The second kappa shape index (κ2) is 15.9. The fourth-order valence-electron chi connectivity index (χ4n) is 0.0655. The first-order valence-electron chi connectivity index (χ1n) is 2.17. The molecule has 0 spiro atoms. The zero-order chi connectivity index (χ0) is 7.54. The minimum atomic E-state index is 0.438. The highest BCUT2D eigenvalue weighted by Crippen LogP contribution is 2.01. The molecule has 0 aliphatic rings. The summed E-state index contributed by atoms with van der Waals surface area (Å²) in [4.78, 5) is 9.48. The highest BCUT2D eigenvalue weighted by Gasteiger charge is 1.72. The number of carbonyl (C=O) groups excluding carboxylic acids is 1. The molecule has 0 fully saturated rings. The highest BCUT2D eigenvalue weighted by molar-refractivity contribution is 14.2. The molecule has 0 radical (unpaired) electrons. The average molecular weight is 263 g/mol. The minimum Gasteiger partial charge on any atom is -0.388 e. The Morgan fingerprint density at radius 2 is 2.22 bits per heavy atom. The number of aldehydes is 1. The van der Waals surface area contributed by atoms with Crippen LogP contribution in [0.25, 0.3) is 0 Å². The van der Waals surface area contributed by atoms with E-state index in [1.54, 1.807) is 14.2 Å². The standard InChI is InChI=1S/C2H4INOS.C2H6O/c3-6-4-1-2-5;1-3-2/h2,4H,1H2;1-2H3. The lowest BCUT2D eigenvalue weighted by Gasteiger charge is -1.82. The number of ether oxygens (including phenoxy) is 1. The van der Waals surface area contributed by atoms with Crippen LogP contribution in [0, 0.1) is 0 Å². The predicted molar refractivity (Wildman–Crippen MR) is 48.6 cm³/mol. The van der Waals surface area contributed by atoms with Crippen LogP contribution < -0.4 is 4.72 Å². The molecule has 1 N–H and O–H groups in total. The molecular weight excluding hydrogens is 253 g/mol. The molecule has 0 amide bonds. The van der Waals surface area contributed by atoms with Crippen LogP contribution in [-0.4, -0.2) is 27.1 Å². The summed E-state index contributed by atoms with van der Waals surface area (Å²) < 4.78 is 6.98. The molecule has 0 heterocycles. The SMILES string of the molecule is COC.O=CCNSI. The third kappa shape index (κ3) is 28.6. The Morgan fingerprint density at radius 3 is 2.33 bits per heavy atom. The Hall–Kier alpha value is 0.670. The Labute approximate surface area is 71.6 Å². The van der Waals surface area contributed by atoms with E-state index in [1.807, 2.05) is 0 Å². The molecular formula is C4H10INO2S. The summed E-state index contributed by atoms with van der Waals surface area (Å²) in [6.07, 6.45) is 0.825. The van der Waals surface area contributed by atoms with E-state index in [9.17, 15) is 4.79 Å². The van der Waals surface area contributed by atoms with Crippen LogP contribution in [0.4, 0.5) is 0 Å². The van der Waals surface area contributed by atoms with Gasteiger partial charge in [0.15, 0.2) is 0 Å². The second-order valence-corrected chi connectivity index (χ2v) is 2.76. The summed E-state index contributed by atoms with van der Waals surface area (Å²) in [5.41, 5.74) is 0. The van der Waals surface area contributed by atoms with Crippen molar-refractivity contribution in [2.75, 3.05) is 20.8 Å². The van der Waals surface area contributed by atoms with E-state index < -0.39 is 0 Å². The lowest BCUT2D eigenvalue weighted by atomic mass is 10.8. The van der Waals surface area contributed by atoms with E-state index in [1.165, 1.54) is 9.12 Å². The maximum absolute atomic E-state index is 9.48. The molecule has 0 aromatic rings. The molecule has 5 heteroatoms. The summed E-state index contributed by atoms with van der Waals surface area (Å²) in [5, 5.41) is 0. The van der Waals surface area contributed by atoms with Crippen LogP contribution in [0.2, 0.25) is 0 Å². The molecule has 0 aliphatic carbocycles. The molecule has 0 rings (SSSR count). The summed E-state index contributed by atoms with van der Waals surface area (Å²) in [5.74, 6) is 0. The molecule has 0 unspecified atom stereocenters. The molecule has 0 aliphatic heterocycles. The van der Waals surface area contributed by atoms with Gasteiger partial charge in [-0.15, -0.1) is 0 Å². The first-order chi connectivity index (χ1) is 4.33. The van der Waals surface area contributed by atoms with Gasteiger partial charge in [0.05, 0.1) is 6.54 Å². The van der Waals surface area contributed by atoms with Crippen LogP contribution >= 0.6 is 30.3 Å². The normalized spacial score (nSPS) is 7.44. The van der Waals surface area contributed by atoms with Crippen LogP contribution in [-0.2, 0) is 9.53 Å². The number of carbonyl (C=O) groups is 1. The van der Waals surface area contributed by atoms with Crippen LogP contribution in [0.15, 0.2) is 0 Å². The monoisotopic (exact) mass is 263 g/mol. The van der Waals surface area contributed by atoms with Gasteiger partial charge in [0.25, 0.3) is 0 Å². The Morgan fingerprint density at radius 1 is 1.78 bits per heavy atom. The molecule has 0 atom stereocenters. The number of nitrogens with one attached hydrogen (secondary N) is 1. The Kier molecular flexibility index (Phi) is 21.8. The van der Waals surface area contributed by atoms with Gasteiger partial charge < -0.3 is 9.53 Å². The largest absolute Gasteiger partial charge is 0.388 e. The Bertz CT molecular complexity index is 55.8. The van der Waals surface area contributed by atoms with Gasteiger partial charge in [-0.2, -0.15) is 0 Å². The minimum absolute atomic E-state index is 0.438. The first kappa shape index (κ1) is 12.4. The van der Waals surface area contributed by atoms with E-state index in [0.29, 0.717) is 6.54 Å². The van der Waals surface area contributed by atoms with E-state index in [0.717, 1.165) is 6.29 Å². The summed E-state index contributed by atoms with van der Waals surface area (Å²) in [6, 6.07) is 0. The van der Waals surface area contributed by atoms with Gasteiger partial charge in [-0.05, 0) is 9.12 Å². The highest BCUT2D eigenvalue weighted by atomic mass is 127. The van der Waals surface area contributed by atoms with Crippen molar-refractivity contribution in [2.24, 2.45) is 0 Å². The third-order valence-corrected chi connectivity index (χ3v) is 1.43. The zero-order valence-corrected chi connectivity index (χ0v) is 8.36. The maximum Gasteiger partial charge on any atom is 0.134 e. The van der Waals surface area contributed by atoms with Crippen molar-refractivity contribution in [3.8, 4) is 0 Å². The lowest BCUT2D eigenvalue weighted by Crippen LogP contribution is -2.02. The molecule has 0 saturated carbocycles. The van der Waals surface area contributed by atoms with Gasteiger partial charge in [-0.25, -0.2) is 4.72 Å². The fraction of sp³-hybridized carbons (Fsp3) is 0.750. The molecule has 0 bridgehead atoms. The lowest BCUT2D eigenvalue weighted by molar-refractivity contribution is -0.106. The second-order valence-electron chi connectivity index (χ2n) is 1.00. The van der Waals surface area contributed by atoms with E-state index in [-0.39, 0.29) is 0 Å². The van der Waals surface area contributed by atoms with Gasteiger partial charge >= 0.3 is 0 Å². The topological polar surface area (TPSA) is 38.3 Å². The van der Waals surface area contributed by atoms with Crippen molar-refractivity contribution < 1.29 is 9.53 Å². The van der Waals surface area contributed by atoms with Gasteiger partial charge in [0, 0.05) is 35.4 Å². The van der Waals surface area contributed by atoms with Crippen molar-refractivity contribution in [1.29, 1.82) is 0 Å². The number of hydrogen-bond acceptors (Lipinski definition) is 4. The molecule has 56 valence electrons. The predicted octanol–water partition coefficient (Wildman–Crippen LogP) is 1.04. The maximum atomic E-state index is 9.48. The van der Waals surface area contributed by atoms with Crippen molar-refractivity contribution in [1.82, 2.24) is 4.72 Å². The van der Waals surface area contributed by atoms with E-state index in [4.69, 9.17) is 0 Å². The number of methoxy groups -OCH3 is 1. The van der Waals surface area contributed by atoms with Crippen molar-refractivity contribution in [3.63, 3.8) is 0 Å². The summed E-state index contributed by atoms with van der Waals surface area (Å²) in [7, 11) is 4.66. The number of halogens is 1. The number of rotatable bonds is 3.